The van der Waals surface area contributed by atoms with Gasteiger partial charge in [-0.2, -0.15) is 0 Å². The third-order valence-corrected chi connectivity index (χ3v) is 3.86. The van der Waals surface area contributed by atoms with Gasteiger partial charge in [-0.15, -0.1) is 0 Å². The topological polar surface area (TPSA) is 53.6 Å². The van der Waals surface area contributed by atoms with Crippen LogP contribution in [0.3, 0.4) is 0 Å². The predicted molar refractivity (Wildman–Crippen MR) is 107 cm³/mol. The molecule has 1 amide bonds. The summed E-state index contributed by atoms with van der Waals surface area (Å²) in [6.07, 6.45) is 3.46. The molecule has 140 valence electrons. The van der Waals surface area contributed by atoms with Crippen LogP contribution in [-0.4, -0.2) is 44.5 Å². The fraction of sp³-hybridized carbons (Fsp3) is 0.381. The zero-order chi connectivity index (χ0) is 18.6. The number of ether oxygens (including phenoxy) is 1. The van der Waals surface area contributed by atoms with E-state index in [4.69, 9.17) is 4.74 Å². The number of benzene rings is 2. The Balaban J connectivity index is 1.63. The van der Waals surface area contributed by atoms with E-state index >= 15 is 0 Å². The Hall–Kier alpha value is -2.37. The molecular formula is C21H29N3O2. The summed E-state index contributed by atoms with van der Waals surface area (Å²) in [6.45, 7) is 2.31. The maximum absolute atomic E-state index is 12.0. The molecule has 0 aromatic heterocycles. The molecule has 2 aromatic rings. The van der Waals surface area contributed by atoms with Gasteiger partial charge in [-0.1, -0.05) is 24.6 Å². The molecule has 0 aliphatic rings. The maximum atomic E-state index is 12.0. The van der Waals surface area contributed by atoms with Gasteiger partial charge in [-0.25, -0.2) is 0 Å². The number of anilines is 1. The van der Waals surface area contributed by atoms with Crippen molar-refractivity contribution in [2.75, 3.05) is 39.0 Å². The highest BCUT2D eigenvalue weighted by Gasteiger charge is 2.03. The summed E-state index contributed by atoms with van der Waals surface area (Å²) in [4.78, 5) is 14.1. The molecule has 0 fully saturated rings. The van der Waals surface area contributed by atoms with E-state index in [-0.39, 0.29) is 5.91 Å². The summed E-state index contributed by atoms with van der Waals surface area (Å²) < 4.78 is 5.74. The Morgan fingerprint density at radius 2 is 1.62 bits per heavy atom. The number of nitrogens with one attached hydrogen (secondary N) is 2. The SMILES string of the molecule is CN(C)CCCCCNCC(=O)Nc1ccc(Oc2ccccc2)cc1. The molecular weight excluding hydrogens is 326 g/mol. The lowest BCUT2D eigenvalue weighted by molar-refractivity contribution is -0.115. The van der Waals surface area contributed by atoms with Gasteiger partial charge >= 0.3 is 0 Å². The van der Waals surface area contributed by atoms with Crippen molar-refractivity contribution in [1.29, 1.82) is 0 Å². The normalized spacial score (nSPS) is 10.7. The van der Waals surface area contributed by atoms with Gasteiger partial charge in [0, 0.05) is 5.69 Å². The first-order chi connectivity index (χ1) is 12.6. The van der Waals surface area contributed by atoms with Crippen molar-refractivity contribution in [3.05, 3.63) is 54.6 Å². The lowest BCUT2D eigenvalue weighted by atomic mass is 10.2. The maximum Gasteiger partial charge on any atom is 0.238 e. The van der Waals surface area contributed by atoms with Gasteiger partial charge in [0.05, 0.1) is 6.54 Å². The van der Waals surface area contributed by atoms with Gasteiger partial charge < -0.3 is 20.3 Å². The minimum atomic E-state index is -0.0324. The Labute approximate surface area is 156 Å². The average Bonchev–Trinajstić information content (AvgIpc) is 2.63. The molecule has 2 N–H and O–H groups in total. The third kappa shape index (κ3) is 8.14. The van der Waals surface area contributed by atoms with Gasteiger partial charge in [-0.3, -0.25) is 4.79 Å². The van der Waals surface area contributed by atoms with E-state index in [1.54, 1.807) is 0 Å². The number of unbranched alkanes of at least 4 members (excludes halogenated alkanes) is 2. The van der Waals surface area contributed by atoms with E-state index in [0.29, 0.717) is 6.54 Å². The molecule has 0 spiro atoms. The second-order valence-electron chi connectivity index (χ2n) is 6.53. The van der Waals surface area contributed by atoms with Crippen LogP contribution in [0.2, 0.25) is 0 Å². The second-order valence-corrected chi connectivity index (χ2v) is 6.53. The van der Waals surface area contributed by atoms with Crippen molar-refractivity contribution in [1.82, 2.24) is 10.2 Å². The summed E-state index contributed by atoms with van der Waals surface area (Å²) in [5, 5.41) is 6.07. The molecule has 2 rings (SSSR count). The first-order valence-corrected chi connectivity index (χ1v) is 9.12. The van der Waals surface area contributed by atoms with Gasteiger partial charge in [0.1, 0.15) is 11.5 Å². The lowest BCUT2D eigenvalue weighted by Crippen LogP contribution is -2.28. The first-order valence-electron chi connectivity index (χ1n) is 9.12. The minimum Gasteiger partial charge on any atom is -0.457 e. The average molecular weight is 355 g/mol. The molecule has 0 heterocycles. The Morgan fingerprint density at radius 3 is 2.31 bits per heavy atom. The standard InChI is InChI=1S/C21H29N3O2/c1-24(2)16-8-4-7-15-22-17-21(25)23-18-11-13-20(14-12-18)26-19-9-5-3-6-10-19/h3,5-6,9-14,22H,4,7-8,15-17H2,1-2H3,(H,23,25). The van der Waals surface area contributed by atoms with Crippen molar-refractivity contribution in [3.63, 3.8) is 0 Å². The largest absolute Gasteiger partial charge is 0.457 e. The van der Waals surface area contributed by atoms with Crippen LogP contribution < -0.4 is 15.4 Å². The van der Waals surface area contributed by atoms with Crippen LogP contribution in [0, 0.1) is 0 Å². The van der Waals surface area contributed by atoms with Crippen molar-refractivity contribution in [2.45, 2.75) is 19.3 Å². The smallest absolute Gasteiger partial charge is 0.238 e. The molecule has 26 heavy (non-hydrogen) atoms. The number of rotatable bonds is 11. The van der Waals surface area contributed by atoms with E-state index in [0.717, 1.165) is 36.7 Å². The second kappa shape index (κ2) is 11.3. The van der Waals surface area contributed by atoms with E-state index in [1.165, 1.54) is 12.8 Å². The number of hydrogen-bond acceptors (Lipinski definition) is 4. The van der Waals surface area contributed by atoms with Crippen LogP contribution >= 0.6 is 0 Å². The summed E-state index contributed by atoms with van der Waals surface area (Å²) in [5.74, 6) is 1.50. The van der Waals surface area contributed by atoms with E-state index in [1.807, 2.05) is 54.6 Å². The van der Waals surface area contributed by atoms with Crippen molar-refractivity contribution in [2.24, 2.45) is 0 Å². The predicted octanol–water partition coefficient (Wildman–Crippen LogP) is 3.74. The van der Waals surface area contributed by atoms with Crippen molar-refractivity contribution in [3.8, 4) is 11.5 Å². The molecule has 0 unspecified atom stereocenters. The molecule has 2 aromatic carbocycles. The summed E-state index contributed by atoms with van der Waals surface area (Å²) in [5.41, 5.74) is 0.767. The number of carbonyl (C=O) groups is 1. The minimum absolute atomic E-state index is 0.0324. The molecule has 0 saturated heterocycles. The number of amides is 1. The van der Waals surface area contributed by atoms with Crippen LogP contribution in [0.5, 0.6) is 11.5 Å². The van der Waals surface area contributed by atoms with E-state index in [9.17, 15) is 4.79 Å². The summed E-state index contributed by atoms with van der Waals surface area (Å²) >= 11 is 0. The van der Waals surface area contributed by atoms with Crippen LogP contribution in [0.25, 0.3) is 0 Å². The van der Waals surface area contributed by atoms with Crippen LogP contribution in [-0.2, 0) is 4.79 Å². The first kappa shape index (κ1) is 19.9. The Bertz CT molecular complexity index is 642. The van der Waals surface area contributed by atoms with Crippen LogP contribution in [0.4, 0.5) is 5.69 Å². The van der Waals surface area contributed by atoms with Gasteiger partial charge in [-0.05, 0) is 76.4 Å². The van der Waals surface area contributed by atoms with Crippen molar-refractivity contribution >= 4 is 11.6 Å². The molecule has 0 aliphatic carbocycles. The lowest BCUT2D eigenvalue weighted by Gasteiger charge is -2.10. The van der Waals surface area contributed by atoms with E-state index in [2.05, 4.69) is 29.6 Å². The van der Waals surface area contributed by atoms with Crippen molar-refractivity contribution < 1.29 is 9.53 Å². The fourth-order valence-corrected chi connectivity index (χ4v) is 2.49. The molecule has 0 radical (unpaired) electrons. The molecule has 5 nitrogen and oxygen atoms in total. The monoisotopic (exact) mass is 355 g/mol. The highest BCUT2D eigenvalue weighted by atomic mass is 16.5. The molecule has 0 aliphatic heterocycles. The summed E-state index contributed by atoms with van der Waals surface area (Å²) in [7, 11) is 4.17. The number of carbonyl (C=O) groups excluding carboxylic acids is 1. The zero-order valence-corrected chi connectivity index (χ0v) is 15.7. The number of hydrogen-bond donors (Lipinski definition) is 2. The van der Waals surface area contributed by atoms with Crippen LogP contribution in [0.1, 0.15) is 19.3 Å². The highest BCUT2D eigenvalue weighted by molar-refractivity contribution is 5.92. The molecule has 5 heteroatoms. The quantitative estimate of drug-likeness (QED) is 0.603. The van der Waals surface area contributed by atoms with Gasteiger partial charge in [0.2, 0.25) is 5.91 Å². The molecule has 0 atom stereocenters. The Morgan fingerprint density at radius 1 is 0.923 bits per heavy atom. The molecule has 0 bridgehead atoms. The molecule has 0 saturated carbocycles. The summed E-state index contributed by atoms with van der Waals surface area (Å²) in [6, 6.07) is 17.0. The van der Waals surface area contributed by atoms with Crippen LogP contribution in [0.15, 0.2) is 54.6 Å². The highest BCUT2D eigenvalue weighted by Crippen LogP contribution is 2.22. The number of nitrogens with zero attached hydrogens (tertiary/aromatic N) is 1. The van der Waals surface area contributed by atoms with Gasteiger partial charge in [0.25, 0.3) is 0 Å². The Kier molecular flexibility index (Phi) is 8.66. The van der Waals surface area contributed by atoms with Gasteiger partial charge in [0.15, 0.2) is 0 Å². The van der Waals surface area contributed by atoms with E-state index < -0.39 is 0 Å². The fourth-order valence-electron chi connectivity index (χ4n) is 2.49. The zero-order valence-electron chi connectivity index (χ0n) is 15.7. The number of para-hydroxylation sites is 1. The third-order valence-electron chi connectivity index (χ3n) is 3.86.